The Morgan fingerprint density at radius 3 is 2.65 bits per heavy atom. The molecule has 1 aromatic heterocycles. The fourth-order valence-corrected chi connectivity index (χ4v) is 1.88. The Labute approximate surface area is 117 Å². The van der Waals surface area contributed by atoms with Crippen molar-refractivity contribution in [3.05, 3.63) is 28.1 Å². The van der Waals surface area contributed by atoms with Crippen molar-refractivity contribution < 1.29 is 14.8 Å². The molecular formula is C13H21N3O4. The van der Waals surface area contributed by atoms with Crippen LogP contribution in [0.15, 0.2) is 12.3 Å². The average Bonchev–Trinajstić information content (AvgIpc) is 2.80. The molecule has 1 rings (SSSR count). The summed E-state index contributed by atoms with van der Waals surface area (Å²) in [5.41, 5.74) is 0.145. The molecule has 1 unspecified atom stereocenters. The summed E-state index contributed by atoms with van der Waals surface area (Å²) in [5.74, 6) is -0.326. The summed E-state index contributed by atoms with van der Waals surface area (Å²) >= 11 is 0. The number of aryl methyl sites for hydroxylation is 1. The summed E-state index contributed by atoms with van der Waals surface area (Å²) in [4.78, 5) is 22.5. The van der Waals surface area contributed by atoms with Crippen LogP contribution in [0.4, 0.5) is 5.69 Å². The Bertz CT molecular complexity index is 482. The van der Waals surface area contributed by atoms with E-state index in [0.29, 0.717) is 6.54 Å². The first-order valence-corrected chi connectivity index (χ1v) is 6.67. The second kappa shape index (κ2) is 7.04. The number of carbonyl (C=O) groups is 1. The van der Waals surface area contributed by atoms with Gasteiger partial charge < -0.3 is 15.0 Å². The Morgan fingerprint density at radius 2 is 2.20 bits per heavy atom. The van der Waals surface area contributed by atoms with E-state index in [4.69, 9.17) is 0 Å². The number of hydrogen-bond acceptors (Lipinski definition) is 4. The first-order chi connectivity index (χ1) is 9.40. The summed E-state index contributed by atoms with van der Waals surface area (Å²) in [5, 5.41) is 22.7. The van der Waals surface area contributed by atoms with Gasteiger partial charge in [-0.15, -0.1) is 0 Å². The minimum Gasteiger partial charge on any atom is -0.394 e. The van der Waals surface area contributed by atoms with Crippen molar-refractivity contribution in [3.63, 3.8) is 0 Å². The number of carbonyl (C=O) groups excluding carboxylic acids is 1. The van der Waals surface area contributed by atoms with Gasteiger partial charge in [-0.25, -0.2) is 0 Å². The smallest absolute Gasteiger partial charge is 0.287 e. The fourth-order valence-electron chi connectivity index (χ4n) is 1.88. The maximum absolute atomic E-state index is 12.2. The number of nitrogens with one attached hydrogen (secondary N) is 1. The van der Waals surface area contributed by atoms with E-state index >= 15 is 0 Å². The van der Waals surface area contributed by atoms with Crippen molar-refractivity contribution in [1.29, 1.82) is 0 Å². The number of nitrogens with zero attached hydrogens (tertiary/aromatic N) is 2. The van der Waals surface area contributed by atoms with Gasteiger partial charge in [-0.1, -0.05) is 20.8 Å². The van der Waals surface area contributed by atoms with E-state index in [2.05, 4.69) is 5.32 Å². The van der Waals surface area contributed by atoms with Gasteiger partial charge in [0.1, 0.15) is 5.69 Å². The van der Waals surface area contributed by atoms with Gasteiger partial charge in [0, 0.05) is 12.6 Å². The lowest BCUT2D eigenvalue weighted by molar-refractivity contribution is -0.384. The monoisotopic (exact) mass is 283 g/mol. The molecule has 0 radical (unpaired) electrons. The highest BCUT2D eigenvalue weighted by atomic mass is 16.6. The van der Waals surface area contributed by atoms with Crippen LogP contribution < -0.4 is 5.32 Å². The van der Waals surface area contributed by atoms with Crippen molar-refractivity contribution in [3.8, 4) is 0 Å². The molecule has 0 bridgehead atoms. The minimum absolute atomic E-state index is 0.0773. The molecule has 1 amide bonds. The maximum atomic E-state index is 12.2. The van der Waals surface area contributed by atoms with E-state index < -0.39 is 10.8 Å². The molecule has 0 fully saturated rings. The Morgan fingerprint density at radius 1 is 1.55 bits per heavy atom. The minimum atomic E-state index is -0.519. The van der Waals surface area contributed by atoms with Crippen LogP contribution in [-0.2, 0) is 6.54 Å². The van der Waals surface area contributed by atoms with Crippen molar-refractivity contribution in [2.75, 3.05) is 6.61 Å². The highest BCUT2D eigenvalue weighted by Crippen LogP contribution is 2.17. The van der Waals surface area contributed by atoms with Crippen LogP contribution in [-0.4, -0.2) is 33.2 Å². The molecule has 0 spiro atoms. The number of rotatable bonds is 7. The fraction of sp³-hybridized carbons (Fsp3) is 0.615. The quantitative estimate of drug-likeness (QED) is 0.586. The Balaban J connectivity index is 2.98. The molecule has 0 aliphatic heterocycles. The predicted molar refractivity (Wildman–Crippen MR) is 74.6 cm³/mol. The number of hydrogen-bond donors (Lipinski definition) is 2. The second-order valence-corrected chi connectivity index (χ2v) is 5.04. The summed E-state index contributed by atoms with van der Waals surface area (Å²) < 4.78 is 1.57. The average molecular weight is 283 g/mol. The maximum Gasteiger partial charge on any atom is 0.287 e. The van der Waals surface area contributed by atoms with E-state index in [9.17, 15) is 20.0 Å². The molecule has 0 saturated heterocycles. The van der Waals surface area contributed by atoms with Gasteiger partial charge in [0.05, 0.1) is 23.8 Å². The number of aliphatic hydroxyl groups is 1. The van der Waals surface area contributed by atoms with E-state index in [0.717, 1.165) is 6.42 Å². The molecule has 7 heteroatoms. The molecule has 0 aliphatic rings. The zero-order valence-electron chi connectivity index (χ0n) is 12.0. The normalized spacial score (nSPS) is 12.4. The molecule has 7 nitrogen and oxygen atoms in total. The SMILES string of the molecule is CCCn1cc([N+](=O)[O-])cc1C(=O)NC(CO)C(C)C. The van der Waals surface area contributed by atoms with E-state index in [1.807, 2.05) is 20.8 Å². The highest BCUT2D eigenvalue weighted by molar-refractivity contribution is 5.93. The standard InChI is InChI=1S/C13H21N3O4/c1-4-5-15-7-10(16(19)20)6-12(15)13(18)14-11(8-17)9(2)3/h6-7,9,11,17H,4-5,8H2,1-3H3,(H,14,18). The third kappa shape index (κ3) is 3.80. The molecule has 0 saturated carbocycles. The van der Waals surface area contributed by atoms with Crippen molar-refractivity contribution in [1.82, 2.24) is 9.88 Å². The summed E-state index contributed by atoms with van der Waals surface area (Å²) in [7, 11) is 0. The zero-order chi connectivity index (χ0) is 15.3. The van der Waals surface area contributed by atoms with E-state index in [1.54, 1.807) is 4.57 Å². The van der Waals surface area contributed by atoms with Gasteiger partial charge in [-0.3, -0.25) is 14.9 Å². The van der Waals surface area contributed by atoms with Crippen LogP contribution in [0.5, 0.6) is 0 Å². The second-order valence-electron chi connectivity index (χ2n) is 5.04. The lowest BCUT2D eigenvalue weighted by Crippen LogP contribution is -2.41. The van der Waals surface area contributed by atoms with Crippen LogP contribution in [0.25, 0.3) is 0 Å². The van der Waals surface area contributed by atoms with Crippen LogP contribution in [0.3, 0.4) is 0 Å². The molecule has 0 aliphatic carbocycles. The largest absolute Gasteiger partial charge is 0.394 e. The summed E-state index contributed by atoms with van der Waals surface area (Å²) in [6.45, 7) is 6.06. The van der Waals surface area contributed by atoms with Gasteiger partial charge in [-0.05, 0) is 12.3 Å². The summed E-state index contributed by atoms with van der Waals surface area (Å²) in [6.07, 6.45) is 2.13. The molecule has 0 aromatic carbocycles. The first kappa shape index (κ1) is 16.2. The molecule has 1 heterocycles. The van der Waals surface area contributed by atoms with Gasteiger partial charge in [0.15, 0.2) is 0 Å². The molecule has 112 valence electrons. The van der Waals surface area contributed by atoms with Gasteiger partial charge in [0.25, 0.3) is 11.6 Å². The third-order valence-electron chi connectivity index (χ3n) is 3.11. The van der Waals surface area contributed by atoms with Crippen molar-refractivity contribution in [2.24, 2.45) is 5.92 Å². The van der Waals surface area contributed by atoms with Crippen LogP contribution >= 0.6 is 0 Å². The van der Waals surface area contributed by atoms with Crippen LogP contribution in [0.2, 0.25) is 0 Å². The lowest BCUT2D eigenvalue weighted by atomic mass is 10.1. The lowest BCUT2D eigenvalue weighted by Gasteiger charge is -2.20. The topological polar surface area (TPSA) is 97.4 Å². The molecule has 20 heavy (non-hydrogen) atoms. The van der Waals surface area contributed by atoms with E-state index in [1.165, 1.54) is 12.3 Å². The summed E-state index contributed by atoms with van der Waals surface area (Å²) in [6, 6.07) is 0.895. The molecule has 2 N–H and O–H groups in total. The highest BCUT2D eigenvalue weighted by Gasteiger charge is 2.22. The van der Waals surface area contributed by atoms with Gasteiger partial charge in [-0.2, -0.15) is 0 Å². The first-order valence-electron chi connectivity index (χ1n) is 6.67. The van der Waals surface area contributed by atoms with E-state index in [-0.39, 0.29) is 29.9 Å². The van der Waals surface area contributed by atoms with Gasteiger partial charge >= 0.3 is 0 Å². The predicted octanol–water partition coefficient (Wildman–Crippen LogP) is 1.55. The Hall–Kier alpha value is -1.89. The zero-order valence-corrected chi connectivity index (χ0v) is 12.0. The van der Waals surface area contributed by atoms with Crippen LogP contribution in [0.1, 0.15) is 37.7 Å². The molecular weight excluding hydrogens is 262 g/mol. The van der Waals surface area contributed by atoms with Gasteiger partial charge in [0.2, 0.25) is 0 Å². The number of aromatic nitrogens is 1. The number of aliphatic hydroxyl groups excluding tert-OH is 1. The van der Waals surface area contributed by atoms with Crippen molar-refractivity contribution in [2.45, 2.75) is 39.8 Å². The van der Waals surface area contributed by atoms with Crippen molar-refractivity contribution >= 4 is 11.6 Å². The number of nitro groups is 1. The molecule has 1 aromatic rings. The third-order valence-corrected chi connectivity index (χ3v) is 3.11. The van der Waals surface area contributed by atoms with Crippen LogP contribution in [0, 0.1) is 16.0 Å². The number of amides is 1. The molecule has 1 atom stereocenters. The Kier molecular flexibility index (Phi) is 5.69.